The molecule has 2 heterocycles. The van der Waals surface area contributed by atoms with Gasteiger partial charge in [0.05, 0.1) is 12.4 Å². The number of benzene rings is 4. The fourth-order valence-electron chi connectivity index (χ4n) is 4.56. The lowest BCUT2D eigenvalue weighted by molar-refractivity contribution is 0.340. The van der Waals surface area contributed by atoms with E-state index in [1.807, 2.05) is 6.07 Å². The molecule has 4 aromatic carbocycles. The third kappa shape index (κ3) is 2.82. The number of para-hydroxylation sites is 2. The lowest BCUT2D eigenvalue weighted by Crippen LogP contribution is -2.45. The van der Waals surface area contributed by atoms with Crippen molar-refractivity contribution < 1.29 is 4.74 Å². The van der Waals surface area contributed by atoms with E-state index in [0.717, 1.165) is 19.0 Å². The predicted octanol–water partition coefficient (Wildman–Crippen LogP) is 5.93. The number of anilines is 2. The summed E-state index contributed by atoms with van der Waals surface area (Å²) in [7, 11) is 0. The van der Waals surface area contributed by atoms with Crippen molar-refractivity contribution in [2.75, 3.05) is 29.6 Å². The fourth-order valence-corrected chi connectivity index (χ4v) is 4.56. The van der Waals surface area contributed by atoms with Crippen LogP contribution < -0.4 is 14.5 Å². The molecule has 0 atom stereocenters. The third-order valence-electron chi connectivity index (χ3n) is 6.01. The van der Waals surface area contributed by atoms with Crippen molar-refractivity contribution in [1.82, 2.24) is 0 Å². The van der Waals surface area contributed by atoms with Crippen molar-refractivity contribution in [1.29, 1.82) is 0 Å². The minimum atomic E-state index is 0.625. The first-order chi connectivity index (χ1) is 14.9. The van der Waals surface area contributed by atoms with Crippen molar-refractivity contribution in [2.24, 2.45) is 0 Å². The molecule has 146 valence electrons. The zero-order valence-electron chi connectivity index (χ0n) is 16.7. The van der Waals surface area contributed by atoms with Crippen LogP contribution >= 0.6 is 0 Å². The van der Waals surface area contributed by atoms with Crippen LogP contribution in [-0.2, 0) is 0 Å². The molecule has 2 aliphatic rings. The monoisotopic (exact) mass is 390 g/mol. The summed E-state index contributed by atoms with van der Waals surface area (Å²) < 4.78 is 6.12. The summed E-state index contributed by atoms with van der Waals surface area (Å²) >= 11 is 0. The van der Waals surface area contributed by atoms with Crippen LogP contribution in [-0.4, -0.2) is 19.8 Å². The maximum atomic E-state index is 6.12. The summed E-state index contributed by atoms with van der Waals surface area (Å²) in [5.74, 6) is 0.968. The van der Waals surface area contributed by atoms with Crippen LogP contribution in [0, 0.1) is 0 Å². The molecule has 30 heavy (non-hydrogen) atoms. The molecule has 4 aromatic rings. The maximum absolute atomic E-state index is 6.12. The van der Waals surface area contributed by atoms with Crippen LogP contribution in [0.5, 0.6) is 5.75 Å². The average molecular weight is 390 g/mol. The molecule has 3 heteroatoms. The minimum Gasteiger partial charge on any atom is -0.488 e. The standard InChI is InChI=1S/C27H22N2O/c1-2-10-23(11-3-1)28-17-22-18-30-26-13-7-6-12-25(26)27(22)29(19-28)24-15-14-20-8-4-5-9-21(20)16-24/h1-16H,17-19H2. The number of hydrogen-bond donors (Lipinski definition) is 0. The van der Waals surface area contributed by atoms with Crippen molar-refractivity contribution in [3.63, 3.8) is 0 Å². The molecule has 0 spiro atoms. The van der Waals surface area contributed by atoms with Gasteiger partial charge in [0, 0.05) is 29.1 Å². The molecule has 0 unspecified atom stereocenters. The molecule has 0 N–H and O–H groups in total. The van der Waals surface area contributed by atoms with Crippen molar-refractivity contribution in [2.45, 2.75) is 0 Å². The van der Waals surface area contributed by atoms with E-state index in [9.17, 15) is 0 Å². The molecule has 0 fully saturated rings. The molecule has 0 bridgehead atoms. The highest BCUT2D eigenvalue weighted by atomic mass is 16.5. The molecule has 0 amide bonds. The summed E-state index contributed by atoms with van der Waals surface area (Å²) in [5, 5.41) is 2.52. The van der Waals surface area contributed by atoms with Gasteiger partial charge < -0.3 is 14.5 Å². The Labute approximate surface area is 176 Å². The smallest absolute Gasteiger partial charge is 0.129 e. The largest absolute Gasteiger partial charge is 0.488 e. The van der Waals surface area contributed by atoms with E-state index in [1.165, 1.54) is 39.0 Å². The Hall–Kier alpha value is -3.72. The molecular weight excluding hydrogens is 368 g/mol. The van der Waals surface area contributed by atoms with Gasteiger partial charge in [-0.1, -0.05) is 60.7 Å². The molecule has 0 radical (unpaired) electrons. The van der Waals surface area contributed by atoms with Crippen molar-refractivity contribution >= 4 is 27.8 Å². The van der Waals surface area contributed by atoms with E-state index in [2.05, 4.69) is 101 Å². The molecule has 0 aromatic heterocycles. The van der Waals surface area contributed by atoms with Crippen LogP contribution in [0.2, 0.25) is 0 Å². The van der Waals surface area contributed by atoms with Gasteiger partial charge in [0.15, 0.2) is 0 Å². The Morgan fingerprint density at radius 3 is 2.33 bits per heavy atom. The average Bonchev–Trinajstić information content (AvgIpc) is 2.83. The summed E-state index contributed by atoms with van der Waals surface area (Å²) in [5.41, 5.74) is 6.23. The summed E-state index contributed by atoms with van der Waals surface area (Å²) in [6, 6.07) is 34.3. The zero-order chi connectivity index (χ0) is 19.9. The van der Waals surface area contributed by atoms with Crippen LogP contribution in [0.15, 0.2) is 103 Å². The van der Waals surface area contributed by atoms with E-state index in [1.54, 1.807) is 0 Å². The van der Waals surface area contributed by atoms with Gasteiger partial charge in [-0.15, -0.1) is 0 Å². The van der Waals surface area contributed by atoms with Crippen LogP contribution in [0.3, 0.4) is 0 Å². The summed E-state index contributed by atoms with van der Waals surface area (Å²) in [6.45, 7) is 2.30. The Balaban J connectivity index is 1.52. The van der Waals surface area contributed by atoms with Crippen LogP contribution in [0.4, 0.5) is 11.4 Å². The molecule has 0 saturated heterocycles. The minimum absolute atomic E-state index is 0.625. The van der Waals surface area contributed by atoms with E-state index in [-0.39, 0.29) is 0 Å². The van der Waals surface area contributed by atoms with Gasteiger partial charge in [-0.25, -0.2) is 0 Å². The number of nitrogens with zero attached hydrogens (tertiary/aromatic N) is 2. The van der Waals surface area contributed by atoms with Crippen LogP contribution in [0.1, 0.15) is 5.56 Å². The third-order valence-corrected chi connectivity index (χ3v) is 6.01. The summed E-state index contributed by atoms with van der Waals surface area (Å²) in [6.07, 6.45) is 0. The van der Waals surface area contributed by atoms with Gasteiger partial charge in [0.2, 0.25) is 0 Å². The van der Waals surface area contributed by atoms with E-state index >= 15 is 0 Å². The second kappa shape index (κ2) is 6.96. The second-order valence-corrected chi connectivity index (χ2v) is 7.87. The lowest BCUT2D eigenvalue weighted by atomic mass is 9.98. The number of fused-ring (bicyclic) bond motifs is 3. The van der Waals surface area contributed by atoms with Gasteiger partial charge in [0.1, 0.15) is 12.4 Å². The predicted molar refractivity (Wildman–Crippen MR) is 124 cm³/mol. The van der Waals surface area contributed by atoms with Crippen molar-refractivity contribution in [3.8, 4) is 5.75 Å². The normalized spacial score (nSPS) is 15.6. The molecule has 3 nitrogen and oxygen atoms in total. The van der Waals surface area contributed by atoms with Gasteiger partial charge in [-0.3, -0.25) is 0 Å². The fraction of sp³-hybridized carbons (Fsp3) is 0.111. The van der Waals surface area contributed by atoms with E-state index in [0.29, 0.717) is 6.61 Å². The molecule has 0 aliphatic carbocycles. The quantitative estimate of drug-likeness (QED) is 0.422. The maximum Gasteiger partial charge on any atom is 0.129 e. The SMILES string of the molecule is c1ccc(N2CC3=C(c4ccccc4OC3)N(c3ccc4ccccc4c3)C2)cc1. The molecule has 6 rings (SSSR count). The summed E-state index contributed by atoms with van der Waals surface area (Å²) in [4.78, 5) is 4.87. The number of hydrogen-bond acceptors (Lipinski definition) is 3. The Morgan fingerprint density at radius 2 is 1.43 bits per heavy atom. The van der Waals surface area contributed by atoms with E-state index < -0.39 is 0 Å². The Bertz CT molecular complexity index is 1260. The highest BCUT2D eigenvalue weighted by molar-refractivity contribution is 5.92. The Morgan fingerprint density at radius 1 is 0.667 bits per heavy atom. The highest BCUT2D eigenvalue weighted by Gasteiger charge is 2.32. The molecule has 0 saturated carbocycles. The van der Waals surface area contributed by atoms with Gasteiger partial charge >= 0.3 is 0 Å². The molecule has 2 aliphatic heterocycles. The lowest BCUT2D eigenvalue weighted by Gasteiger charge is -2.43. The highest BCUT2D eigenvalue weighted by Crippen LogP contribution is 2.41. The van der Waals surface area contributed by atoms with E-state index in [4.69, 9.17) is 4.74 Å². The van der Waals surface area contributed by atoms with Gasteiger partial charge in [0.25, 0.3) is 0 Å². The molecular formula is C27H22N2O. The number of ether oxygens (including phenoxy) is 1. The van der Waals surface area contributed by atoms with Gasteiger partial charge in [-0.05, 0) is 47.2 Å². The second-order valence-electron chi connectivity index (χ2n) is 7.87. The first-order valence-corrected chi connectivity index (χ1v) is 10.4. The van der Waals surface area contributed by atoms with Crippen LogP contribution in [0.25, 0.3) is 16.5 Å². The topological polar surface area (TPSA) is 15.7 Å². The van der Waals surface area contributed by atoms with Crippen molar-refractivity contribution in [3.05, 3.63) is 108 Å². The zero-order valence-corrected chi connectivity index (χ0v) is 16.7. The van der Waals surface area contributed by atoms with Gasteiger partial charge in [-0.2, -0.15) is 0 Å². The Kier molecular flexibility index (Phi) is 3.98. The number of rotatable bonds is 2. The first-order valence-electron chi connectivity index (χ1n) is 10.4. The first kappa shape index (κ1) is 17.2.